The maximum atomic E-state index is 15.8. The molecule has 0 saturated heterocycles. The predicted molar refractivity (Wildman–Crippen MR) is 159 cm³/mol. The molecule has 2 aromatic rings. The Balaban J connectivity index is 2.48. The van der Waals surface area contributed by atoms with Crippen molar-refractivity contribution in [1.82, 2.24) is 0 Å². The van der Waals surface area contributed by atoms with Crippen LogP contribution in [0.3, 0.4) is 0 Å². The molecule has 1 aromatic carbocycles. The Morgan fingerprint density at radius 3 is 2.18 bits per heavy atom. The Morgan fingerprint density at radius 2 is 1.64 bits per heavy atom. The number of halogens is 6. The van der Waals surface area contributed by atoms with E-state index in [4.69, 9.17) is 0 Å². The SMILES string of the molecule is C=C/C=C\CC/C(C1=C(c2cc(-c3ccccc3)sc2[Si](C)(C)C)C(F)(F)C(F)(F)C1(F)F)=C(/CCC)SC. The smallest absolute Gasteiger partial charge is 0.194 e. The van der Waals surface area contributed by atoms with Crippen LogP contribution in [0.15, 0.2) is 77.3 Å². The van der Waals surface area contributed by atoms with Crippen LogP contribution in [0.25, 0.3) is 16.0 Å². The Bertz CT molecular complexity index is 1280. The van der Waals surface area contributed by atoms with Crippen LogP contribution in [0.1, 0.15) is 38.2 Å². The Morgan fingerprint density at radius 1 is 1.00 bits per heavy atom. The fourth-order valence-corrected chi connectivity index (χ4v) is 9.12. The van der Waals surface area contributed by atoms with E-state index in [0.717, 1.165) is 17.3 Å². The maximum absolute atomic E-state index is 15.8. The molecule has 0 saturated carbocycles. The highest BCUT2D eigenvalue weighted by Crippen LogP contribution is 2.64. The summed E-state index contributed by atoms with van der Waals surface area (Å²) in [4.78, 5) is 1.01. The molecular formula is C30H34F6S2Si. The zero-order valence-corrected chi connectivity index (χ0v) is 25.4. The summed E-state index contributed by atoms with van der Waals surface area (Å²) in [6.07, 6.45) is 7.50. The fourth-order valence-electron chi connectivity index (χ4n) is 4.78. The van der Waals surface area contributed by atoms with Crippen LogP contribution < -0.4 is 4.50 Å². The first kappa shape index (κ1) is 31.6. The van der Waals surface area contributed by atoms with E-state index in [1.165, 1.54) is 23.5 Å². The molecule has 0 nitrogen and oxygen atoms in total. The Labute approximate surface area is 236 Å². The molecule has 1 aliphatic carbocycles. The van der Waals surface area contributed by atoms with Gasteiger partial charge >= 0.3 is 17.8 Å². The van der Waals surface area contributed by atoms with E-state index in [1.54, 1.807) is 48.7 Å². The number of alkyl halides is 6. The first-order chi connectivity index (χ1) is 18.2. The van der Waals surface area contributed by atoms with Gasteiger partial charge in [-0.25, -0.2) is 0 Å². The van der Waals surface area contributed by atoms with Crippen LogP contribution in [-0.4, -0.2) is 32.1 Å². The first-order valence-electron chi connectivity index (χ1n) is 12.8. The topological polar surface area (TPSA) is 0 Å². The Kier molecular flexibility index (Phi) is 9.60. The molecule has 3 rings (SSSR count). The molecule has 0 fully saturated rings. The lowest BCUT2D eigenvalue weighted by Gasteiger charge is -2.27. The molecule has 0 N–H and O–H groups in total. The molecule has 9 heteroatoms. The molecule has 0 bridgehead atoms. The maximum Gasteiger partial charge on any atom is 0.380 e. The minimum absolute atomic E-state index is 0.0704. The summed E-state index contributed by atoms with van der Waals surface area (Å²) >= 11 is 2.38. The third kappa shape index (κ3) is 5.77. The van der Waals surface area contributed by atoms with Gasteiger partial charge in [-0.15, -0.1) is 23.1 Å². The summed E-state index contributed by atoms with van der Waals surface area (Å²) in [5, 5.41) is 0. The number of thioether (sulfide) groups is 1. The lowest BCUT2D eigenvalue weighted by Crippen LogP contribution is -2.49. The molecule has 0 unspecified atom stereocenters. The second-order valence-electron chi connectivity index (χ2n) is 10.5. The number of hydrogen-bond donors (Lipinski definition) is 0. The zero-order chi connectivity index (χ0) is 29.2. The molecule has 0 atom stereocenters. The van der Waals surface area contributed by atoms with E-state index in [2.05, 4.69) is 6.58 Å². The van der Waals surface area contributed by atoms with Gasteiger partial charge in [-0.2, -0.15) is 26.3 Å². The van der Waals surface area contributed by atoms with Crippen molar-refractivity contribution in [3.05, 3.63) is 82.8 Å². The van der Waals surface area contributed by atoms with Crippen molar-refractivity contribution in [2.45, 2.75) is 70.0 Å². The number of benzene rings is 1. The third-order valence-electron chi connectivity index (χ3n) is 6.60. The van der Waals surface area contributed by atoms with Gasteiger partial charge in [-0.1, -0.05) is 88.1 Å². The summed E-state index contributed by atoms with van der Waals surface area (Å²) in [6, 6.07) is 10.4. The lowest BCUT2D eigenvalue weighted by atomic mass is 9.91. The molecule has 0 amide bonds. The van der Waals surface area contributed by atoms with Gasteiger partial charge in [0.1, 0.15) is 0 Å². The molecule has 0 spiro atoms. The van der Waals surface area contributed by atoms with Crippen molar-refractivity contribution in [2.75, 3.05) is 6.26 Å². The summed E-state index contributed by atoms with van der Waals surface area (Å²) in [7, 11) is -2.45. The average Bonchev–Trinajstić information content (AvgIpc) is 3.35. The standard InChI is InChI=1S/C30H34F6S2Si/c1-7-9-10-14-18-21(23(37-3)15-8-2)25-26(29(33,34)30(35,36)28(25,31)32)22-19-24(20-16-12-11-13-17-20)38-27(22)39(4,5)6/h7,9-13,16-17,19H,1,8,14-15,18H2,2-6H3/b10-9-,23-21+. The summed E-state index contributed by atoms with van der Waals surface area (Å²) < 4.78 is 94.2. The minimum atomic E-state index is -5.58. The molecule has 0 radical (unpaired) electrons. The van der Waals surface area contributed by atoms with E-state index in [0.29, 0.717) is 27.1 Å². The Hall–Kier alpha value is -1.97. The summed E-state index contributed by atoms with van der Waals surface area (Å²) in [5.74, 6) is -15.7. The van der Waals surface area contributed by atoms with Gasteiger partial charge in [0, 0.05) is 16.0 Å². The van der Waals surface area contributed by atoms with Crippen molar-refractivity contribution in [3.63, 3.8) is 0 Å². The number of hydrogen-bond acceptors (Lipinski definition) is 2. The number of allylic oxidation sites excluding steroid dienone is 7. The first-order valence-corrected chi connectivity index (χ1v) is 18.3. The lowest BCUT2D eigenvalue weighted by molar-refractivity contribution is -0.259. The van der Waals surface area contributed by atoms with Crippen LogP contribution in [-0.2, 0) is 0 Å². The summed E-state index contributed by atoms with van der Waals surface area (Å²) in [5.41, 5.74) is -2.00. The van der Waals surface area contributed by atoms with Crippen LogP contribution in [0.2, 0.25) is 19.6 Å². The highest BCUT2D eigenvalue weighted by Gasteiger charge is 2.80. The number of thiophene rings is 1. The molecule has 39 heavy (non-hydrogen) atoms. The second kappa shape index (κ2) is 11.9. The molecular weight excluding hydrogens is 567 g/mol. The molecule has 1 aliphatic rings. The fraction of sp³-hybridized carbons (Fsp3) is 0.400. The van der Waals surface area contributed by atoms with Gasteiger partial charge in [-0.05, 0) is 57.7 Å². The van der Waals surface area contributed by atoms with Crippen LogP contribution in [0.5, 0.6) is 0 Å². The third-order valence-corrected chi connectivity index (χ3v) is 12.3. The van der Waals surface area contributed by atoms with Crippen molar-refractivity contribution >= 4 is 41.2 Å². The van der Waals surface area contributed by atoms with Gasteiger partial charge in [0.05, 0.1) is 8.07 Å². The van der Waals surface area contributed by atoms with Crippen LogP contribution in [0, 0.1) is 0 Å². The van der Waals surface area contributed by atoms with Gasteiger partial charge < -0.3 is 0 Å². The van der Waals surface area contributed by atoms with E-state index < -0.39 is 37.0 Å². The zero-order valence-electron chi connectivity index (χ0n) is 22.8. The van der Waals surface area contributed by atoms with E-state index >= 15 is 26.3 Å². The monoisotopic (exact) mass is 600 g/mol. The molecule has 212 valence electrons. The van der Waals surface area contributed by atoms with Gasteiger partial charge in [-0.3, -0.25) is 0 Å². The van der Waals surface area contributed by atoms with E-state index in [-0.39, 0.29) is 24.0 Å². The van der Waals surface area contributed by atoms with Crippen LogP contribution >= 0.6 is 23.1 Å². The normalized spacial score (nSPS) is 19.1. The predicted octanol–water partition coefficient (Wildman–Crippen LogP) is 10.6. The van der Waals surface area contributed by atoms with Crippen molar-refractivity contribution in [1.29, 1.82) is 0 Å². The average molecular weight is 601 g/mol. The molecule has 0 aliphatic heterocycles. The van der Waals surface area contributed by atoms with Crippen LogP contribution in [0.4, 0.5) is 26.3 Å². The largest absolute Gasteiger partial charge is 0.380 e. The van der Waals surface area contributed by atoms with Gasteiger partial charge in [0.2, 0.25) is 0 Å². The summed E-state index contributed by atoms with van der Waals surface area (Å²) in [6.45, 7) is 11.1. The minimum Gasteiger partial charge on any atom is -0.194 e. The highest BCUT2D eigenvalue weighted by atomic mass is 32.2. The second-order valence-corrected chi connectivity index (χ2v) is 17.8. The van der Waals surface area contributed by atoms with Gasteiger partial charge in [0.15, 0.2) is 0 Å². The quantitative estimate of drug-likeness (QED) is 0.140. The van der Waals surface area contributed by atoms with Crippen molar-refractivity contribution in [2.24, 2.45) is 0 Å². The number of rotatable bonds is 11. The van der Waals surface area contributed by atoms with Crippen molar-refractivity contribution in [3.8, 4) is 10.4 Å². The highest BCUT2D eigenvalue weighted by molar-refractivity contribution is 8.02. The van der Waals surface area contributed by atoms with E-state index in [9.17, 15) is 0 Å². The molecule has 1 heterocycles. The van der Waals surface area contributed by atoms with Gasteiger partial charge in [0.25, 0.3) is 0 Å². The van der Waals surface area contributed by atoms with Crippen molar-refractivity contribution < 1.29 is 26.3 Å². The molecule has 1 aromatic heterocycles. The van der Waals surface area contributed by atoms with E-state index in [1.807, 2.05) is 26.6 Å².